The van der Waals surface area contributed by atoms with Crippen LogP contribution in [0, 0.1) is 0 Å². The molecule has 114 valence electrons. The lowest BCUT2D eigenvalue weighted by Gasteiger charge is -2.30. The number of nitrogens with zero attached hydrogens (tertiary/aromatic N) is 1. The van der Waals surface area contributed by atoms with E-state index in [0.717, 1.165) is 17.9 Å². The van der Waals surface area contributed by atoms with Gasteiger partial charge in [-0.15, -0.1) is 0 Å². The van der Waals surface area contributed by atoms with Crippen LogP contribution in [0.1, 0.15) is 46.2 Å². The number of nitrogens with two attached hydrogens (primary N) is 1. The highest BCUT2D eigenvalue weighted by Crippen LogP contribution is 2.27. The molecular weight excluding hydrogens is 272 g/mol. The highest BCUT2D eigenvalue weighted by atomic mass is 35.5. The van der Waals surface area contributed by atoms with E-state index in [1.54, 1.807) is 0 Å². The highest BCUT2D eigenvalue weighted by Gasteiger charge is 2.13. The van der Waals surface area contributed by atoms with Crippen LogP contribution < -0.4 is 10.5 Å². The first kappa shape index (κ1) is 17.3. The third-order valence-electron chi connectivity index (χ3n) is 3.42. The van der Waals surface area contributed by atoms with Crippen molar-refractivity contribution in [2.75, 3.05) is 13.2 Å². The molecule has 3 nitrogen and oxygen atoms in total. The van der Waals surface area contributed by atoms with Crippen LogP contribution in [0.4, 0.5) is 0 Å². The molecule has 0 unspecified atom stereocenters. The lowest BCUT2D eigenvalue weighted by molar-refractivity contribution is 0.142. The van der Waals surface area contributed by atoms with Crippen LogP contribution >= 0.6 is 11.6 Å². The third-order valence-corrected chi connectivity index (χ3v) is 3.71. The van der Waals surface area contributed by atoms with Crippen LogP contribution in [0.15, 0.2) is 18.2 Å². The van der Waals surface area contributed by atoms with Crippen molar-refractivity contribution < 1.29 is 4.74 Å². The third kappa shape index (κ3) is 4.97. The SMILES string of the molecule is CC(C)N(CCOc1ccc([C@H](C)N)cc1Cl)C(C)C. The second kappa shape index (κ2) is 7.87. The van der Waals surface area contributed by atoms with Crippen LogP contribution in [-0.4, -0.2) is 30.1 Å². The van der Waals surface area contributed by atoms with E-state index in [2.05, 4.69) is 32.6 Å². The van der Waals surface area contributed by atoms with Crippen LogP contribution in [0.2, 0.25) is 5.02 Å². The van der Waals surface area contributed by atoms with Crippen molar-refractivity contribution in [1.29, 1.82) is 0 Å². The molecular formula is C16H27ClN2O. The predicted octanol–water partition coefficient (Wildman–Crippen LogP) is 3.86. The van der Waals surface area contributed by atoms with E-state index in [1.165, 1.54) is 0 Å². The summed E-state index contributed by atoms with van der Waals surface area (Å²) in [5.41, 5.74) is 6.85. The van der Waals surface area contributed by atoms with Gasteiger partial charge >= 0.3 is 0 Å². The van der Waals surface area contributed by atoms with Crippen molar-refractivity contribution in [2.24, 2.45) is 5.73 Å². The summed E-state index contributed by atoms with van der Waals surface area (Å²) >= 11 is 6.22. The van der Waals surface area contributed by atoms with Crippen LogP contribution in [0.5, 0.6) is 5.75 Å². The van der Waals surface area contributed by atoms with Crippen LogP contribution in [0.3, 0.4) is 0 Å². The molecule has 0 saturated heterocycles. The molecule has 1 aromatic rings. The van der Waals surface area contributed by atoms with Gasteiger partial charge in [-0.1, -0.05) is 17.7 Å². The second-order valence-electron chi connectivity index (χ2n) is 5.75. The molecule has 4 heteroatoms. The molecule has 0 radical (unpaired) electrons. The molecule has 0 saturated carbocycles. The average Bonchev–Trinajstić information content (AvgIpc) is 2.34. The van der Waals surface area contributed by atoms with Crippen molar-refractivity contribution in [2.45, 2.75) is 52.7 Å². The monoisotopic (exact) mass is 298 g/mol. The van der Waals surface area contributed by atoms with Gasteiger partial charge in [0.05, 0.1) is 5.02 Å². The summed E-state index contributed by atoms with van der Waals surface area (Å²) in [7, 11) is 0. The molecule has 1 aromatic carbocycles. The number of halogens is 1. The molecule has 0 aromatic heterocycles. The minimum Gasteiger partial charge on any atom is -0.491 e. The molecule has 0 aliphatic heterocycles. The van der Waals surface area contributed by atoms with Crippen LogP contribution in [0.25, 0.3) is 0 Å². The minimum atomic E-state index is -0.0149. The zero-order chi connectivity index (χ0) is 15.3. The molecule has 0 bridgehead atoms. The summed E-state index contributed by atoms with van der Waals surface area (Å²) in [6.07, 6.45) is 0. The molecule has 0 fully saturated rings. The maximum atomic E-state index is 6.22. The standard InChI is InChI=1S/C16H27ClN2O/c1-11(2)19(12(3)4)8-9-20-16-7-6-14(13(5)18)10-15(16)17/h6-7,10-13H,8-9,18H2,1-5H3/t13-/m0/s1. The number of hydrogen-bond donors (Lipinski definition) is 1. The molecule has 0 spiro atoms. The topological polar surface area (TPSA) is 38.5 Å². The van der Waals surface area contributed by atoms with E-state index in [-0.39, 0.29) is 6.04 Å². The van der Waals surface area contributed by atoms with E-state index in [0.29, 0.717) is 23.7 Å². The fourth-order valence-corrected chi connectivity index (χ4v) is 2.53. The predicted molar refractivity (Wildman–Crippen MR) is 86.5 cm³/mol. The van der Waals surface area contributed by atoms with Crippen molar-refractivity contribution in [3.63, 3.8) is 0 Å². The molecule has 0 amide bonds. The van der Waals surface area contributed by atoms with E-state index < -0.39 is 0 Å². The van der Waals surface area contributed by atoms with Crippen molar-refractivity contribution in [3.8, 4) is 5.75 Å². The van der Waals surface area contributed by atoms with Gasteiger partial charge in [-0.2, -0.15) is 0 Å². The zero-order valence-electron chi connectivity index (χ0n) is 13.2. The Hall–Kier alpha value is -0.770. The van der Waals surface area contributed by atoms with Gasteiger partial charge in [0.1, 0.15) is 12.4 Å². The van der Waals surface area contributed by atoms with Gasteiger partial charge in [0, 0.05) is 24.7 Å². The smallest absolute Gasteiger partial charge is 0.137 e. The molecule has 0 heterocycles. The summed E-state index contributed by atoms with van der Waals surface area (Å²) in [4.78, 5) is 2.39. The number of rotatable bonds is 7. The Balaban J connectivity index is 2.58. The van der Waals surface area contributed by atoms with Gasteiger partial charge in [0.25, 0.3) is 0 Å². The van der Waals surface area contributed by atoms with Gasteiger partial charge in [0.2, 0.25) is 0 Å². The maximum Gasteiger partial charge on any atom is 0.137 e. The van der Waals surface area contributed by atoms with E-state index >= 15 is 0 Å². The Morgan fingerprint density at radius 1 is 1.15 bits per heavy atom. The highest BCUT2D eigenvalue weighted by molar-refractivity contribution is 6.32. The van der Waals surface area contributed by atoms with Crippen molar-refractivity contribution in [1.82, 2.24) is 4.90 Å². The first-order valence-corrected chi connectivity index (χ1v) is 7.64. The quantitative estimate of drug-likeness (QED) is 0.831. The largest absolute Gasteiger partial charge is 0.491 e. The van der Waals surface area contributed by atoms with E-state index in [9.17, 15) is 0 Å². The number of benzene rings is 1. The number of ether oxygens (including phenoxy) is 1. The Bertz CT molecular complexity index is 411. The van der Waals surface area contributed by atoms with Gasteiger partial charge < -0.3 is 10.5 Å². The average molecular weight is 299 g/mol. The van der Waals surface area contributed by atoms with Crippen molar-refractivity contribution in [3.05, 3.63) is 28.8 Å². The lowest BCUT2D eigenvalue weighted by atomic mass is 10.1. The van der Waals surface area contributed by atoms with Gasteiger partial charge in [-0.05, 0) is 52.3 Å². The summed E-state index contributed by atoms with van der Waals surface area (Å²) in [6.45, 7) is 12.3. The Kier molecular flexibility index (Phi) is 6.80. The van der Waals surface area contributed by atoms with E-state index in [4.69, 9.17) is 22.1 Å². The maximum absolute atomic E-state index is 6.22. The Labute approximate surface area is 128 Å². The van der Waals surface area contributed by atoms with Gasteiger partial charge in [-0.3, -0.25) is 4.90 Å². The zero-order valence-corrected chi connectivity index (χ0v) is 13.9. The minimum absolute atomic E-state index is 0.0149. The lowest BCUT2D eigenvalue weighted by Crippen LogP contribution is -2.39. The molecule has 0 aliphatic carbocycles. The summed E-state index contributed by atoms with van der Waals surface area (Å²) in [6, 6.07) is 6.75. The molecule has 0 aliphatic rings. The van der Waals surface area contributed by atoms with Gasteiger partial charge in [-0.25, -0.2) is 0 Å². The fraction of sp³-hybridized carbons (Fsp3) is 0.625. The fourth-order valence-electron chi connectivity index (χ4n) is 2.29. The molecule has 1 rings (SSSR count). The normalized spacial score (nSPS) is 13.3. The Morgan fingerprint density at radius 2 is 1.75 bits per heavy atom. The summed E-state index contributed by atoms with van der Waals surface area (Å²) in [5, 5.41) is 0.625. The molecule has 2 N–H and O–H groups in total. The number of hydrogen-bond acceptors (Lipinski definition) is 3. The second-order valence-corrected chi connectivity index (χ2v) is 6.16. The Morgan fingerprint density at radius 3 is 2.20 bits per heavy atom. The van der Waals surface area contributed by atoms with Gasteiger partial charge in [0.15, 0.2) is 0 Å². The summed E-state index contributed by atoms with van der Waals surface area (Å²) in [5.74, 6) is 0.725. The first-order valence-electron chi connectivity index (χ1n) is 7.26. The van der Waals surface area contributed by atoms with Crippen LogP contribution in [-0.2, 0) is 0 Å². The van der Waals surface area contributed by atoms with Crippen molar-refractivity contribution >= 4 is 11.6 Å². The molecule has 1 atom stereocenters. The first-order chi connectivity index (χ1) is 9.32. The van der Waals surface area contributed by atoms with E-state index in [1.807, 2.05) is 25.1 Å². The molecule has 20 heavy (non-hydrogen) atoms. The summed E-state index contributed by atoms with van der Waals surface area (Å²) < 4.78 is 5.79.